The highest BCUT2D eigenvalue weighted by atomic mass is 14.9. The molecule has 0 aliphatic carbocycles. The number of nitrogens with zero attached hydrogens (tertiary/aromatic N) is 1. The average molecular weight is 236 g/mol. The molecule has 0 spiro atoms. The third-order valence-corrected chi connectivity index (χ3v) is 2.99. The fourth-order valence-corrected chi connectivity index (χ4v) is 2.00. The molecule has 0 heterocycles. The number of hydrogen-bond donors (Lipinski definition) is 1. The summed E-state index contributed by atoms with van der Waals surface area (Å²) in [5.41, 5.74) is 2.83. The molecule has 0 aliphatic rings. The van der Waals surface area contributed by atoms with Crippen molar-refractivity contribution in [2.24, 2.45) is 0 Å². The Bertz CT molecular complexity index is 541. The van der Waals surface area contributed by atoms with Gasteiger partial charge in [0.1, 0.15) is 6.07 Å². The maximum Gasteiger partial charge on any atom is 0.101 e. The second-order valence-electron chi connectivity index (χ2n) is 4.17. The molecule has 0 bridgehead atoms. The number of nitrogens with one attached hydrogen (secondary N) is 1. The molecule has 1 N–H and O–H groups in total. The first kappa shape index (κ1) is 12.2. The molecule has 0 aromatic heterocycles. The van der Waals surface area contributed by atoms with Crippen LogP contribution in [0.4, 0.5) is 5.69 Å². The monoisotopic (exact) mass is 236 g/mol. The van der Waals surface area contributed by atoms with Crippen LogP contribution >= 0.6 is 0 Å². The summed E-state index contributed by atoms with van der Waals surface area (Å²) in [6.45, 7) is 2.14. The summed E-state index contributed by atoms with van der Waals surface area (Å²) in [7, 11) is 0. The van der Waals surface area contributed by atoms with Crippen LogP contribution in [0.2, 0.25) is 0 Å². The lowest BCUT2D eigenvalue weighted by Gasteiger charge is -2.19. The van der Waals surface area contributed by atoms with Crippen LogP contribution in [0.5, 0.6) is 0 Å². The zero-order valence-electron chi connectivity index (χ0n) is 10.4. The Labute approximate surface area is 108 Å². The molecule has 0 saturated carbocycles. The number of hydrogen-bond acceptors (Lipinski definition) is 2. The summed E-state index contributed by atoms with van der Waals surface area (Å²) < 4.78 is 0. The van der Waals surface area contributed by atoms with E-state index >= 15 is 0 Å². The Balaban J connectivity index is 2.24. The predicted octanol–water partition coefficient (Wildman–Crippen LogP) is 4.12. The van der Waals surface area contributed by atoms with Crippen LogP contribution in [0.3, 0.4) is 0 Å². The fourth-order valence-electron chi connectivity index (χ4n) is 2.00. The van der Waals surface area contributed by atoms with Crippen molar-refractivity contribution in [3.8, 4) is 6.07 Å². The van der Waals surface area contributed by atoms with Gasteiger partial charge in [-0.05, 0) is 24.1 Å². The van der Waals surface area contributed by atoms with Crippen molar-refractivity contribution in [1.29, 1.82) is 5.26 Å². The van der Waals surface area contributed by atoms with Gasteiger partial charge in [0.15, 0.2) is 0 Å². The van der Waals surface area contributed by atoms with Crippen molar-refractivity contribution in [2.45, 2.75) is 19.4 Å². The molecule has 18 heavy (non-hydrogen) atoms. The first-order valence-electron chi connectivity index (χ1n) is 6.15. The lowest BCUT2D eigenvalue weighted by atomic mass is 10.0. The molecule has 2 aromatic carbocycles. The summed E-state index contributed by atoms with van der Waals surface area (Å²) in [6.07, 6.45) is 0.976. The Hall–Kier alpha value is -2.27. The van der Waals surface area contributed by atoms with E-state index in [2.05, 4.69) is 30.4 Å². The summed E-state index contributed by atoms with van der Waals surface area (Å²) in [4.78, 5) is 0. The fraction of sp³-hybridized carbons (Fsp3) is 0.188. The van der Waals surface area contributed by atoms with Crippen LogP contribution < -0.4 is 5.32 Å². The summed E-state index contributed by atoms with van der Waals surface area (Å²) in [5.74, 6) is 0. The Kier molecular flexibility index (Phi) is 3.98. The maximum absolute atomic E-state index is 9.08. The number of para-hydroxylation sites is 1. The Morgan fingerprint density at radius 2 is 1.72 bits per heavy atom. The third-order valence-electron chi connectivity index (χ3n) is 2.99. The minimum atomic E-state index is 0.237. The summed E-state index contributed by atoms with van der Waals surface area (Å²) in [5, 5.41) is 12.5. The quantitative estimate of drug-likeness (QED) is 0.866. The van der Waals surface area contributed by atoms with Gasteiger partial charge in [-0.2, -0.15) is 5.26 Å². The van der Waals surface area contributed by atoms with Gasteiger partial charge < -0.3 is 5.32 Å². The van der Waals surface area contributed by atoms with E-state index in [1.807, 2.05) is 42.5 Å². The SMILES string of the molecule is CCC(Nc1ccccc1C#N)c1ccccc1. The lowest BCUT2D eigenvalue weighted by molar-refractivity contribution is 0.749. The molecule has 2 rings (SSSR count). The van der Waals surface area contributed by atoms with E-state index in [0.717, 1.165) is 12.1 Å². The molecule has 2 nitrogen and oxygen atoms in total. The van der Waals surface area contributed by atoms with Gasteiger partial charge in [0, 0.05) is 0 Å². The standard InChI is InChI=1S/C16H16N2/c1-2-15(13-8-4-3-5-9-13)18-16-11-7-6-10-14(16)12-17/h3-11,15,18H,2H2,1H3. The maximum atomic E-state index is 9.08. The van der Waals surface area contributed by atoms with Gasteiger partial charge in [-0.3, -0.25) is 0 Å². The van der Waals surface area contributed by atoms with Crippen molar-refractivity contribution in [3.05, 3.63) is 65.7 Å². The molecular formula is C16H16N2. The molecule has 0 radical (unpaired) electrons. The van der Waals surface area contributed by atoms with Gasteiger partial charge in [-0.15, -0.1) is 0 Å². The molecule has 2 aromatic rings. The minimum Gasteiger partial charge on any atom is -0.377 e. The van der Waals surface area contributed by atoms with Crippen molar-refractivity contribution >= 4 is 5.69 Å². The zero-order valence-corrected chi connectivity index (χ0v) is 10.4. The van der Waals surface area contributed by atoms with Crippen molar-refractivity contribution in [1.82, 2.24) is 0 Å². The molecule has 0 saturated heterocycles. The minimum absolute atomic E-state index is 0.237. The van der Waals surface area contributed by atoms with Gasteiger partial charge in [0.05, 0.1) is 17.3 Å². The van der Waals surface area contributed by atoms with E-state index in [1.165, 1.54) is 5.56 Å². The largest absolute Gasteiger partial charge is 0.377 e. The van der Waals surface area contributed by atoms with E-state index in [1.54, 1.807) is 0 Å². The van der Waals surface area contributed by atoms with Crippen LogP contribution in [-0.2, 0) is 0 Å². The highest BCUT2D eigenvalue weighted by Gasteiger charge is 2.10. The Morgan fingerprint density at radius 3 is 2.39 bits per heavy atom. The molecule has 0 amide bonds. The molecular weight excluding hydrogens is 220 g/mol. The average Bonchev–Trinajstić information content (AvgIpc) is 2.46. The highest BCUT2D eigenvalue weighted by Crippen LogP contribution is 2.24. The predicted molar refractivity (Wildman–Crippen MR) is 74.3 cm³/mol. The van der Waals surface area contributed by atoms with E-state index in [0.29, 0.717) is 5.56 Å². The molecule has 2 heteroatoms. The van der Waals surface area contributed by atoms with E-state index in [-0.39, 0.29) is 6.04 Å². The molecule has 1 atom stereocenters. The highest BCUT2D eigenvalue weighted by molar-refractivity contribution is 5.58. The van der Waals surface area contributed by atoms with Crippen LogP contribution in [0, 0.1) is 11.3 Å². The van der Waals surface area contributed by atoms with Gasteiger partial charge in [-0.25, -0.2) is 0 Å². The Morgan fingerprint density at radius 1 is 1.06 bits per heavy atom. The second kappa shape index (κ2) is 5.88. The van der Waals surface area contributed by atoms with E-state index in [9.17, 15) is 0 Å². The second-order valence-corrected chi connectivity index (χ2v) is 4.17. The number of anilines is 1. The number of benzene rings is 2. The summed E-state index contributed by atoms with van der Waals surface area (Å²) >= 11 is 0. The number of rotatable bonds is 4. The molecule has 90 valence electrons. The van der Waals surface area contributed by atoms with Gasteiger partial charge in [0.25, 0.3) is 0 Å². The summed E-state index contributed by atoms with van der Waals surface area (Å²) in [6, 6.07) is 20.4. The van der Waals surface area contributed by atoms with E-state index in [4.69, 9.17) is 5.26 Å². The third kappa shape index (κ3) is 2.70. The molecule has 0 aliphatic heterocycles. The molecule has 1 unspecified atom stereocenters. The van der Waals surface area contributed by atoms with Gasteiger partial charge in [0.2, 0.25) is 0 Å². The van der Waals surface area contributed by atoms with Crippen molar-refractivity contribution in [2.75, 3.05) is 5.32 Å². The first-order chi connectivity index (χ1) is 8.85. The zero-order chi connectivity index (χ0) is 12.8. The smallest absolute Gasteiger partial charge is 0.101 e. The van der Waals surface area contributed by atoms with Crippen LogP contribution in [-0.4, -0.2) is 0 Å². The van der Waals surface area contributed by atoms with Crippen molar-refractivity contribution < 1.29 is 0 Å². The lowest BCUT2D eigenvalue weighted by Crippen LogP contribution is -2.10. The van der Waals surface area contributed by atoms with E-state index < -0.39 is 0 Å². The van der Waals surface area contributed by atoms with Crippen molar-refractivity contribution in [3.63, 3.8) is 0 Å². The van der Waals surface area contributed by atoms with Crippen LogP contribution in [0.25, 0.3) is 0 Å². The van der Waals surface area contributed by atoms with Gasteiger partial charge in [-0.1, -0.05) is 49.4 Å². The topological polar surface area (TPSA) is 35.8 Å². The van der Waals surface area contributed by atoms with Gasteiger partial charge >= 0.3 is 0 Å². The number of nitriles is 1. The van der Waals surface area contributed by atoms with Crippen LogP contribution in [0.15, 0.2) is 54.6 Å². The normalized spacial score (nSPS) is 11.6. The first-order valence-corrected chi connectivity index (χ1v) is 6.15. The molecule has 0 fully saturated rings. The van der Waals surface area contributed by atoms with Crippen LogP contribution in [0.1, 0.15) is 30.5 Å².